The zero-order valence-corrected chi connectivity index (χ0v) is 12.7. The summed E-state index contributed by atoms with van der Waals surface area (Å²) in [6.07, 6.45) is 4.56. The summed E-state index contributed by atoms with van der Waals surface area (Å²) in [4.78, 5) is 15.3. The van der Waals surface area contributed by atoms with E-state index in [0.29, 0.717) is 18.5 Å². The summed E-state index contributed by atoms with van der Waals surface area (Å²) in [5.41, 5.74) is 5.65. The predicted molar refractivity (Wildman–Crippen MR) is 80.0 cm³/mol. The lowest BCUT2D eigenvalue weighted by molar-refractivity contribution is -0.119. The molecule has 0 radical (unpaired) electrons. The molecule has 0 bridgehead atoms. The third-order valence-corrected chi connectivity index (χ3v) is 2.87. The molecule has 1 aliphatic heterocycles. The first kappa shape index (κ1) is 15.5. The maximum atomic E-state index is 11.3. The minimum absolute atomic E-state index is 0. The molecule has 18 heavy (non-hydrogen) atoms. The Morgan fingerprint density at radius 3 is 2.78 bits per heavy atom. The third-order valence-electron chi connectivity index (χ3n) is 2.87. The van der Waals surface area contributed by atoms with Crippen molar-refractivity contribution in [3.8, 4) is 0 Å². The Morgan fingerprint density at radius 1 is 1.39 bits per heavy atom. The van der Waals surface area contributed by atoms with Gasteiger partial charge in [0, 0.05) is 19.2 Å². The maximum Gasteiger partial charge on any atom is 0.242 e. The molecule has 2 fully saturated rings. The van der Waals surface area contributed by atoms with Crippen molar-refractivity contribution in [1.82, 2.24) is 10.6 Å². The molecule has 1 unspecified atom stereocenters. The van der Waals surface area contributed by atoms with Gasteiger partial charge in [0.25, 0.3) is 0 Å². The molecule has 1 amide bonds. The Morgan fingerprint density at radius 2 is 2.17 bits per heavy atom. The summed E-state index contributed by atoms with van der Waals surface area (Å²) < 4.78 is 5.44. The van der Waals surface area contributed by atoms with Crippen LogP contribution in [0.15, 0.2) is 4.99 Å². The molecule has 0 aromatic carbocycles. The quantitative estimate of drug-likeness (QED) is 0.361. The summed E-state index contributed by atoms with van der Waals surface area (Å²) in [5, 5.41) is 5.82. The van der Waals surface area contributed by atoms with Gasteiger partial charge in [-0.05, 0) is 25.7 Å². The van der Waals surface area contributed by atoms with Crippen molar-refractivity contribution in [3.05, 3.63) is 0 Å². The molecule has 104 valence electrons. The fourth-order valence-corrected chi connectivity index (χ4v) is 1.74. The van der Waals surface area contributed by atoms with Crippen LogP contribution in [0.2, 0.25) is 0 Å². The van der Waals surface area contributed by atoms with E-state index in [9.17, 15) is 4.79 Å². The average Bonchev–Trinajstić information content (AvgIpc) is 2.96. The van der Waals surface area contributed by atoms with E-state index < -0.39 is 0 Å². The first-order valence-electron chi connectivity index (χ1n) is 6.19. The van der Waals surface area contributed by atoms with Crippen molar-refractivity contribution in [3.63, 3.8) is 0 Å². The largest absolute Gasteiger partial charge is 0.376 e. The molecule has 6 nitrogen and oxygen atoms in total. The fraction of sp³-hybridized carbons (Fsp3) is 0.818. The van der Waals surface area contributed by atoms with Gasteiger partial charge in [0.1, 0.15) is 6.54 Å². The van der Waals surface area contributed by atoms with Crippen molar-refractivity contribution in [2.45, 2.75) is 37.8 Å². The lowest BCUT2D eigenvalue weighted by Crippen LogP contribution is -2.38. The van der Waals surface area contributed by atoms with Gasteiger partial charge in [0.15, 0.2) is 5.96 Å². The van der Waals surface area contributed by atoms with Gasteiger partial charge >= 0.3 is 0 Å². The van der Waals surface area contributed by atoms with Crippen LogP contribution in [-0.4, -0.2) is 43.7 Å². The van der Waals surface area contributed by atoms with Crippen LogP contribution < -0.4 is 16.4 Å². The van der Waals surface area contributed by atoms with E-state index in [-0.39, 0.29) is 42.5 Å². The zero-order valence-electron chi connectivity index (χ0n) is 10.4. The van der Waals surface area contributed by atoms with Crippen LogP contribution in [0, 0.1) is 0 Å². The van der Waals surface area contributed by atoms with E-state index in [4.69, 9.17) is 10.5 Å². The van der Waals surface area contributed by atoms with Gasteiger partial charge < -0.3 is 21.1 Å². The standard InChI is InChI=1S/C11H20N4O2.HI/c12-11(13-6-9-2-1-5-17-9)14-7-10(16)15-8-3-4-8;/h8-9H,1-7H2,(H,15,16)(H3,12,13,14);1H. The Hall–Kier alpha value is -0.570. The second-order valence-corrected chi connectivity index (χ2v) is 4.56. The molecule has 0 spiro atoms. The molecule has 0 aromatic rings. The minimum Gasteiger partial charge on any atom is -0.376 e. The van der Waals surface area contributed by atoms with E-state index in [1.165, 1.54) is 0 Å². The highest BCUT2D eigenvalue weighted by Crippen LogP contribution is 2.18. The first-order valence-corrected chi connectivity index (χ1v) is 6.19. The van der Waals surface area contributed by atoms with E-state index in [2.05, 4.69) is 15.6 Å². The number of nitrogens with one attached hydrogen (secondary N) is 2. The van der Waals surface area contributed by atoms with Crippen LogP contribution in [0.3, 0.4) is 0 Å². The zero-order chi connectivity index (χ0) is 12.1. The van der Waals surface area contributed by atoms with Crippen molar-refractivity contribution in [2.75, 3.05) is 19.7 Å². The first-order chi connectivity index (χ1) is 8.24. The number of nitrogens with two attached hydrogens (primary N) is 1. The number of hydrogen-bond donors (Lipinski definition) is 3. The topological polar surface area (TPSA) is 88.7 Å². The molecular weight excluding hydrogens is 347 g/mol. The van der Waals surface area contributed by atoms with Gasteiger partial charge in [-0.2, -0.15) is 0 Å². The number of hydrogen-bond acceptors (Lipinski definition) is 3. The van der Waals surface area contributed by atoms with Crippen LogP contribution in [0.5, 0.6) is 0 Å². The average molecular weight is 368 g/mol. The number of halogens is 1. The molecule has 2 aliphatic rings. The van der Waals surface area contributed by atoms with Crippen LogP contribution in [0.4, 0.5) is 0 Å². The van der Waals surface area contributed by atoms with Gasteiger partial charge in [-0.25, -0.2) is 4.99 Å². The SMILES string of the molecule is I.NC(=NCC(=O)NC1CC1)NCC1CCCO1. The molecule has 1 atom stereocenters. The number of carbonyl (C=O) groups excluding carboxylic acids is 1. The highest BCUT2D eigenvalue weighted by Gasteiger charge is 2.22. The Bertz CT molecular complexity index is 301. The van der Waals surface area contributed by atoms with E-state index >= 15 is 0 Å². The summed E-state index contributed by atoms with van der Waals surface area (Å²) in [7, 11) is 0. The summed E-state index contributed by atoms with van der Waals surface area (Å²) in [6.45, 7) is 1.59. The molecule has 2 rings (SSSR count). The Kier molecular flexibility index (Phi) is 6.69. The molecule has 1 heterocycles. The van der Waals surface area contributed by atoms with Gasteiger partial charge in [-0.3, -0.25) is 4.79 Å². The normalized spacial score (nSPS) is 23.3. The molecule has 1 saturated carbocycles. The Labute approximate surface area is 124 Å². The third kappa shape index (κ3) is 5.85. The van der Waals surface area contributed by atoms with E-state index in [1.807, 2.05) is 0 Å². The summed E-state index contributed by atoms with van der Waals surface area (Å²) in [5.74, 6) is 0.251. The number of carbonyl (C=O) groups is 1. The van der Waals surface area contributed by atoms with Crippen molar-refractivity contribution in [2.24, 2.45) is 10.7 Å². The van der Waals surface area contributed by atoms with Gasteiger partial charge in [0.2, 0.25) is 5.91 Å². The molecular formula is C11H21IN4O2. The lowest BCUT2D eigenvalue weighted by Gasteiger charge is -2.10. The number of nitrogens with zero attached hydrogens (tertiary/aromatic N) is 1. The summed E-state index contributed by atoms with van der Waals surface area (Å²) >= 11 is 0. The lowest BCUT2D eigenvalue weighted by atomic mass is 10.2. The molecule has 0 aromatic heterocycles. The number of ether oxygens (including phenoxy) is 1. The van der Waals surface area contributed by atoms with Crippen molar-refractivity contribution < 1.29 is 9.53 Å². The van der Waals surface area contributed by atoms with Crippen LogP contribution in [-0.2, 0) is 9.53 Å². The fourth-order valence-electron chi connectivity index (χ4n) is 1.74. The second kappa shape index (κ2) is 7.78. The van der Waals surface area contributed by atoms with Crippen LogP contribution in [0.25, 0.3) is 0 Å². The maximum absolute atomic E-state index is 11.3. The smallest absolute Gasteiger partial charge is 0.242 e. The van der Waals surface area contributed by atoms with Crippen molar-refractivity contribution in [1.29, 1.82) is 0 Å². The predicted octanol–water partition coefficient (Wildman–Crippen LogP) is -0.0337. The van der Waals surface area contributed by atoms with Crippen molar-refractivity contribution >= 4 is 35.8 Å². The number of aliphatic imine (C=N–C) groups is 1. The second-order valence-electron chi connectivity index (χ2n) is 4.56. The van der Waals surface area contributed by atoms with E-state index in [0.717, 1.165) is 32.3 Å². The highest BCUT2D eigenvalue weighted by molar-refractivity contribution is 14.0. The van der Waals surface area contributed by atoms with Gasteiger partial charge in [-0.1, -0.05) is 0 Å². The molecule has 4 N–H and O–H groups in total. The highest BCUT2D eigenvalue weighted by atomic mass is 127. The molecule has 1 aliphatic carbocycles. The van der Waals surface area contributed by atoms with E-state index in [1.54, 1.807) is 0 Å². The molecule has 1 saturated heterocycles. The monoisotopic (exact) mass is 368 g/mol. The molecule has 7 heteroatoms. The Balaban J connectivity index is 0.00000162. The van der Waals surface area contributed by atoms with Gasteiger partial charge in [-0.15, -0.1) is 24.0 Å². The minimum atomic E-state index is -0.0608. The number of guanidine groups is 1. The number of rotatable bonds is 5. The number of amides is 1. The summed E-state index contributed by atoms with van der Waals surface area (Å²) in [6, 6.07) is 0.374. The van der Waals surface area contributed by atoms with Crippen LogP contribution in [0.1, 0.15) is 25.7 Å². The van der Waals surface area contributed by atoms with Crippen LogP contribution >= 0.6 is 24.0 Å². The van der Waals surface area contributed by atoms with Gasteiger partial charge in [0.05, 0.1) is 6.10 Å².